The molecule has 0 saturated carbocycles. The smallest absolute Gasteiger partial charge is 0.242 e. The summed E-state index contributed by atoms with van der Waals surface area (Å²) in [5.74, 6) is -1.10. The molecule has 7 heteroatoms. The average molecular weight is 439 g/mol. The Labute approximate surface area is 181 Å². The highest BCUT2D eigenvalue weighted by molar-refractivity contribution is 6.36. The zero-order valence-corrected chi connectivity index (χ0v) is 18.2. The van der Waals surface area contributed by atoms with Gasteiger partial charge in [0.1, 0.15) is 11.9 Å². The van der Waals surface area contributed by atoms with E-state index in [1.54, 1.807) is 43.3 Å². The fourth-order valence-corrected chi connectivity index (χ4v) is 3.34. The highest BCUT2D eigenvalue weighted by atomic mass is 35.5. The van der Waals surface area contributed by atoms with E-state index >= 15 is 0 Å². The van der Waals surface area contributed by atoms with Gasteiger partial charge in [0.05, 0.1) is 6.42 Å². The van der Waals surface area contributed by atoms with Gasteiger partial charge >= 0.3 is 0 Å². The number of amides is 2. The van der Waals surface area contributed by atoms with Crippen LogP contribution in [0.3, 0.4) is 0 Å². The Balaban J connectivity index is 2.31. The average Bonchev–Trinajstić information content (AvgIpc) is 2.69. The second kappa shape index (κ2) is 10.6. The molecule has 0 saturated heterocycles. The van der Waals surface area contributed by atoms with Crippen LogP contribution < -0.4 is 5.32 Å². The van der Waals surface area contributed by atoms with Gasteiger partial charge in [0, 0.05) is 28.2 Å². The predicted molar refractivity (Wildman–Crippen MR) is 114 cm³/mol. The van der Waals surface area contributed by atoms with Crippen LogP contribution in [-0.4, -0.2) is 28.8 Å². The van der Waals surface area contributed by atoms with Gasteiger partial charge in [-0.05, 0) is 44.0 Å². The number of carbonyl (C=O) groups excluding carboxylic acids is 2. The van der Waals surface area contributed by atoms with E-state index in [9.17, 15) is 14.0 Å². The maximum atomic E-state index is 14.2. The molecule has 2 atom stereocenters. The summed E-state index contributed by atoms with van der Waals surface area (Å²) in [6, 6.07) is 10.4. The first-order chi connectivity index (χ1) is 13.7. The molecule has 0 aliphatic rings. The van der Waals surface area contributed by atoms with Crippen molar-refractivity contribution in [1.82, 2.24) is 10.2 Å². The first-order valence-corrected chi connectivity index (χ1v) is 10.3. The second-order valence-electron chi connectivity index (χ2n) is 6.98. The molecule has 0 unspecified atom stereocenters. The van der Waals surface area contributed by atoms with E-state index in [0.717, 1.165) is 6.42 Å². The lowest BCUT2D eigenvalue weighted by Crippen LogP contribution is -2.50. The van der Waals surface area contributed by atoms with Gasteiger partial charge in [0.15, 0.2) is 0 Å². The van der Waals surface area contributed by atoms with E-state index in [2.05, 4.69) is 5.32 Å². The first kappa shape index (κ1) is 23.2. The lowest BCUT2D eigenvalue weighted by Gasteiger charge is -2.30. The van der Waals surface area contributed by atoms with Gasteiger partial charge in [-0.15, -0.1) is 0 Å². The summed E-state index contributed by atoms with van der Waals surface area (Å²) in [5.41, 5.74) is 0.809. The molecule has 2 rings (SSSR count). The van der Waals surface area contributed by atoms with Crippen molar-refractivity contribution >= 4 is 35.0 Å². The van der Waals surface area contributed by atoms with E-state index < -0.39 is 11.9 Å². The summed E-state index contributed by atoms with van der Waals surface area (Å²) in [5, 5.41) is 3.61. The highest BCUT2D eigenvalue weighted by Crippen LogP contribution is 2.26. The Morgan fingerprint density at radius 2 is 1.69 bits per heavy atom. The van der Waals surface area contributed by atoms with E-state index in [1.807, 2.05) is 13.8 Å². The van der Waals surface area contributed by atoms with Crippen LogP contribution in [0.15, 0.2) is 42.5 Å². The van der Waals surface area contributed by atoms with E-state index in [1.165, 1.54) is 11.0 Å². The summed E-state index contributed by atoms with van der Waals surface area (Å²) in [6.07, 6.45) is 0.670. The Hall–Kier alpha value is -2.11. The standard InChI is InChI=1S/C22H25Cl2FN2O2/c1-4-14(2)26-22(29)15(3)27(13-16-8-5-6-11-20(16)25)21(28)12-17-18(23)9-7-10-19(17)24/h5-11,14-15H,4,12-13H2,1-3H3,(H,26,29)/t14-,15-/m0/s1. The van der Waals surface area contributed by atoms with Crippen molar-refractivity contribution in [1.29, 1.82) is 0 Å². The van der Waals surface area contributed by atoms with Crippen LogP contribution in [0.5, 0.6) is 0 Å². The van der Waals surface area contributed by atoms with Gasteiger partial charge in [-0.3, -0.25) is 9.59 Å². The lowest BCUT2D eigenvalue weighted by atomic mass is 10.1. The molecule has 0 radical (unpaired) electrons. The number of hydrogen-bond acceptors (Lipinski definition) is 2. The van der Waals surface area contributed by atoms with Crippen LogP contribution in [0.1, 0.15) is 38.3 Å². The van der Waals surface area contributed by atoms with Crippen LogP contribution in [-0.2, 0) is 22.6 Å². The van der Waals surface area contributed by atoms with Crippen molar-refractivity contribution in [3.8, 4) is 0 Å². The maximum Gasteiger partial charge on any atom is 0.242 e. The van der Waals surface area contributed by atoms with Gasteiger partial charge in [-0.2, -0.15) is 0 Å². The lowest BCUT2D eigenvalue weighted by molar-refractivity contribution is -0.140. The van der Waals surface area contributed by atoms with Crippen LogP contribution in [0.25, 0.3) is 0 Å². The monoisotopic (exact) mass is 438 g/mol. The van der Waals surface area contributed by atoms with Crippen molar-refractivity contribution in [3.05, 3.63) is 69.5 Å². The summed E-state index contributed by atoms with van der Waals surface area (Å²) in [7, 11) is 0. The second-order valence-corrected chi connectivity index (χ2v) is 7.80. The largest absolute Gasteiger partial charge is 0.352 e. The van der Waals surface area contributed by atoms with Gasteiger partial charge in [-0.1, -0.05) is 54.4 Å². The molecular formula is C22H25Cl2FN2O2. The molecule has 29 heavy (non-hydrogen) atoms. The van der Waals surface area contributed by atoms with Crippen LogP contribution in [0.4, 0.5) is 4.39 Å². The maximum absolute atomic E-state index is 14.2. The fraction of sp³-hybridized carbons (Fsp3) is 0.364. The first-order valence-electron chi connectivity index (χ1n) is 9.50. The zero-order valence-electron chi connectivity index (χ0n) is 16.7. The minimum absolute atomic E-state index is 0.0339. The molecule has 0 fully saturated rings. The van der Waals surface area contributed by atoms with Gasteiger partial charge in [0.2, 0.25) is 11.8 Å². The quantitative estimate of drug-likeness (QED) is 0.629. The number of halogens is 3. The Morgan fingerprint density at radius 3 is 2.28 bits per heavy atom. The summed E-state index contributed by atoms with van der Waals surface area (Å²) in [6.45, 7) is 5.43. The fourth-order valence-electron chi connectivity index (χ4n) is 2.81. The molecule has 0 bridgehead atoms. The summed E-state index contributed by atoms with van der Waals surface area (Å²) < 4.78 is 14.2. The molecule has 4 nitrogen and oxygen atoms in total. The topological polar surface area (TPSA) is 49.4 Å². The molecular weight excluding hydrogens is 414 g/mol. The van der Waals surface area contributed by atoms with Gasteiger partial charge in [-0.25, -0.2) is 4.39 Å². The normalized spacial score (nSPS) is 12.9. The van der Waals surface area contributed by atoms with E-state index in [-0.39, 0.29) is 30.8 Å². The minimum Gasteiger partial charge on any atom is -0.352 e. The highest BCUT2D eigenvalue weighted by Gasteiger charge is 2.28. The van der Waals surface area contributed by atoms with E-state index in [4.69, 9.17) is 23.2 Å². The number of benzene rings is 2. The molecule has 2 amide bonds. The molecule has 0 aliphatic carbocycles. The molecule has 0 aromatic heterocycles. The van der Waals surface area contributed by atoms with Crippen molar-refractivity contribution in [3.63, 3.8) is 0 Å². The molecule has 0 aliphatic heterocycles. The SMILES string of the molecule is CC[C@H](C)NC(=O)[C@H](C)N(Cc1ccccc1F)C(=O)Cc1c(Cl)cccc1Cl. The Morgan fingerprint density at radius 1 is 1.07 bits per heavy atom. The van der Waals surface area contributed by atoms with Gasteiger partial charge < -0.3 is 10.2 Å². The predicted octanol–water partition coefficient (Wildman–Crippen LogP) is 5.01. The summed E-state index contributed by atoms with van der Waals surface area (Å²) >= 11 is 12.4. The van der Waals surface area contributed by atoms with Gasteiger partial charge in [0.25, 0.3) is 0 Å². The zero-order chi connectivity index (χ0) is 21.6. The van der Waals surface area contributed by atoms with Crippen LogP contribution in [0, 0.1) is 5.82 Å². The Kier molecular flexibility index (Phi) is 8.47. The summed E-state index contributed by atoms with van der Waals surface area (Å²) in [4.78, 5) is 27.2. The number of rotatable bonds is 8. The van der Waals surface area contributed by atoms with Crippen molar-refractivity contribution in [2.75, 3.05) is 0 Å². The molecule has 0 heterocycles. The minimum atomic E-state index is -0.794. The third kappa shape index (κ3) is 6.18. The third-order valence-corrected chi connectivity index (χ3v) is 5.56. The molecule has 156 valence electrons. The van der Waals surface area contributed by atoms with Crippen molar-refractivity contribution in [2.24, 2.45) is 0 Å². The third-order valence-electron chi connectivity index (χ3n) is 4.86. The van der Waals surface area contributed by atoms with Crippen LogP contribution in [0.2, 0.25) is 10.0 Å². The van der Waals surface area contributed by atoms with Crippen molar-refractivity contribution < 1.29 is 14.0 Å². The Bertz CT molecular complexity index is 855. The molecule has 0 spiro atoms. The number of carbonyl (C=O) groups is 2. The number of nitrogens with zero attached hydrogens (tertiary/aromatic N) is 1. The van der Waals surface area contributed by atoms with Crippen molar-refractivity contribution in [2.45, 2.75) is 52.2 Å². The van der Waals surface area contributed by atoms with Crippen LogP contribution >= 0.6 is 23.2 Å². The number of hydrogen-bond donors (Lipinski definition) is 1. The molecule has 1 N–H and O–H groups in total. The number of nitrogens with one attached hydrogen (secondary N) is 1. The molecule has 2 aromatic rings. The van der Waals surface area contributed by atoms with E-state index in [0.29, 0.717) is 21.2 Å². The molecule has 2 aromatic carbocycles.